The highest BCUT2D eigenvalue weighted by atomic mass is 32.1. The second-order valence-electron chi connectivity index (χ2n) is 7.18. The first-order chi connectivity index (χ1) is 14.6. The van der Waals surface area contributed by atoms with Crippen LogP contribution in [0.5, 0.6) is 0 Å². The molecule has 0 spiro atoms. The van der Waals surface area contributed by atoms with Crippen molar-refractivity contribution >= 4 is 34.7 Å². The lowest BCUT2D eigenvalue weighted by Crippen LogP contribution is -2.43. The number of piperidine rings is 1. The number of thiophene rings is 1. The number of anilines is 1. The van der Waals surface area contributed by atoms with Gasteiger partial charge >= 0.3 is 0 Å². The van der Waals surface area contributed by atoms with Gasteiger partial charge in [-0.1, -0.05) is 18.2 Å². The maximum Gasteiger partial charge on any atom is 0.265 e. The third kappa shape index (κ3) is 5.67. The van der Waals surface area contributed by atoms with E-state index < -0.39 is 0 Å². The van der Waals surface area contributed by atoms with Crippen molar-refractivity contribution in [3.63, 3.8) is 0 Å². The average molecular weight is 430 g/mol. The van der Waals surface area contributed by atoms with Crippen molar-refractivity contribution in [1.82, 2.24) is 10.2 Å². The van der Waals surface area contributed by atoms with Crippen LogP contribution in [0, 0.1) is 5.92 Å². The third-order valence-electron chi connectivity index (χ3n) is 5.13. The summed E-state index contributed by atoms with van der Waals surface area (Å²) in [5.41, 5.74) is 0.962. The zero-order chi connectivity index (χ0) is 21.3. The molecule has 1 aliphatic heterocycles. The number of carbonyl (C=O) groups is 3. The van der Waals surface area contributed by atoms with E-state index in [0.29, 0.717) is 55.2 Å². The van der Waals surface area contributed by atoms with Gasteiger partial charge in [-0.05, 0) is 42.8 Å². The molecule has 0 unspecified atom stereocenters. The Bertz CT molecular complexity index is 861. The average Bonchev–Trinajstić information content (AvgIpc) is 3.32. The Morgan fingerprint density at radius 3 is 2.60 bits per heavy atom. The molecule has 0 atom stereocenters. The van der Waals surface area contributed by atoms with E-state index in [2.05, 4.69) is 10.6 Å². The van der Waals surface area contributed by atoms with Gasteiger partial charge in [0.15, 0.2) is 0 Å². The molecule has 8 heteroatoms. The van der Waals surface area contributed by atoms with Gasteiger partial charge in [0.05, 0.1) is 16.1 Å². The molecule has 3 amide bonds. The van der Waals surface area contributed by atoms with Gasteiger partial charge in [-0.25, -0.2) is 0 Å². The molecule has 1 fully saturated rings. The van der Waals surface area contributed by atoms with Crippen LogP contribution in [-0.4, -0.2) is 56.0 Å². The lowest BCUT2D eigenvalue weighted by atomic mass is 9.95. The van der Waals surface area contributed by atoms with Crippen molar-refractivity contribution in [1.29, 1.82) is 0 Å². The summed E-state index contributed by atoms with van der Waals surface area (Å²) in [7, 11) is 1.64. The normalized spacial score (nSPS) is 14.4. The molecule has 2 aromatic rings. The van der Waals surface area contributed by atoms with Crippen LogP contribution in [-0.2, 0) is 9.53 Å². The fraction of sp³-hybridized carbons (Fsp3) is 0.409. The van der Waals surface area contributed by atoms with Gasteiger partial charge in [0.1, 0.15) is 0 Å². The van der Waals surface area contributed by atoms with Crippen molar-refractivity contribution in [3.8, 4) is 0 Å². The Morgan fingerprint density at radius 2 is 1.90 bits per heavy atom. The summed E-state index contributed by atoms with van der Waals surface area (Å²) >= 11 is 1.35. The Labute approximate surface area is 180 Å². The van der Waals surface area contributed by atoms with Crippen molar-refractivity contribution in [2.75, 3.05) is 38.7 Å². The standard InChI is InChI=1S/C22H27N3O4S/c1-29-14-5-11-23-20(26)16-9-12-25(13-10-16)22(28)17-6-2-3-7-18(17)24-21(27)19-8-4-15-30-19/h2-4,6-8,15-16H,5,9-14H2,1H3,(H,23,26)(H,24,27). The van der Waals surface area contributed by atoms with E-state index in [1.54, 1.807) is 42.3 Å². The van der Waals surface area contributed by atoms with E-state index in [9.17, 15) is 14.4 Å². The second kappa shape index (κ2) is 10.9. The Hall–Kier alpha value is -2.71. The van der Waals surface area contributed by atoms with E-state index in [0.717, 1.165) is 6.42 Å². The van der Waals surface area contributed by atoms with Crippen LogP contribution in [0.4, 0.5) is 5.69 Å². The van der Waals surface area contributed by atoms with Gasteiger partial charge in [-0.2, -0.15) is 0 Å². The van der Waals surface area contributed by atoms with Crippen LogP contribution < -0.4 is 10.6 Å². The quantitative estimate of drug-likeness (QED) is 0.632. The van der Waals surface area contributed by atoms with Crippen molar-refractivity contribution in [3.05, 3.63) is 52.2 Å². The number of nitrogens with zero attached hydrogens (tertiary/aromatic N) is 1. The Kier molecular flexibility index (Phi) is 7.98. The minimum absolute atomic E-state index is 0.0433. The van der Waals surface area contributed by atoms with E-state index >= 15 is 0 Å². The number of hydrogen-bond donors (Lipinski definition) is 2. The highest BCUT2D eigenvalue weighted by Crippen LogP contribution is 2.23. The zero-order valence-electron chi connectivity index (χ0n) is 17.1. The van der Waals surface area contributed by atoms with Gasteiger partial charge < -0.3 is 20.3 Å². The van der Waals surface area contributed by atoms with Crippen molar-refractivity contribution in [2.24, 2.45) is 5.92 Å². The van der Waals surface area contributed by atoms with Crippen LogP contribution in [0.3, 0.4) is 0 Å². The topological polar surface area (TPSA) is 87.7 Å². The van der Waals surface area contributed by atoms with Crippen LogP contribution in [0.1, 0.15) is 39.3 Å². The van der Waals surface area contributed by atoms with E-state index in [1.165, 1.54) is 11.3 Å². The molecule has 160 valence electrons. The molecule has 0 aliphatic carbocycles. The lowest BCUT2D eigenvalue weighted by molar-refractivity contribution is -0.126. The molecule has 2 N–H and O–H groups in total. The fourth-order valence-corrected chi connectivity index (χ4v) is 4.08. The first-order valence-electron chi connectivity index (χ1n) is 10.1. The summed E-state index contributed by atoms with van der Waals surface area (Å²) in [6, 6.07) is 10.6. The molecule has 1 aromatic heterocycles. The summed E-state index contributed by atoms with van der Waals surface area (Å²) in [4.78, 5) is 40.1. The highest BCUT2D eigenvalue weighted by Gasteiger charge is 2.28. The van der Waals surface area contributed by atoms with Crippen molar-refractivity contribution < 1.29 is 19.1 Å². The molecule has 2 heterocycles. The maximum atomic E-state index is 13.1. The van der Waals surface area contributed by atoms with Gasteiger partial charge in [0.25, 0.3) is 11.8 Å². The van der Waals surface area contributed by atoms with E-state index in [1.807, 2.05) is 11.4 Å². The number of methoxy groups -OCH3 is 1. The predicted octanol–water partition coefficient (Wildman–Crippen LogP) is 3.01. The number of likely N-dealkylation sites (tertiary alicyclic amines) is 1. The summed E-state index contributed by atoms with van der Waals surface area (Å²) in [5, 5.41) is 7.62. The van der Waals surface area contributed by atoms with Crippen LogP contribution in [0.2, 0.25) is 0 Å². The monoisotopic (exact) mass is 429 g/mol. The summed E-state index contributed by atoms with van der Waals surface area (Å²) in [5.74, 6) is -0.391. The number of ether oxygens (including phenoxy) is 1. The minimum atomic E-state index is -0.228. The summed E-state index contributed by atoms with van der Waals surface area (Å²) < 4.78 is 4.99. The largest absolute Gasteiger partial charge is 0.385 e. The molecule has 0 radical (unpaired) electrons. The smallest absolute Gasteiger partial charge is 0.265 e. The molecule has 3 rings (SSSR count). The zero-order valence-corrected chi connectivity index (χ0v) is 17.9. The minimum Gasteiger partial charge on any atom is -0.385 e. The third-order valence-corrected chi connectivity index (χ3v) is 6.00. The molecule has 30 heavy (non-hydrogen) atoms. The maximum absolute atomic E-state index is 13.1. The summed E-state index contributed by atoms with van der Waals surface area (Å²) in [6.45, 7) is 2.25. The number of nitrogens with one attached hydrogen (secondary N) is 2. The van der Waals surface area contributed by atoms with Gasteiger partial charge in [-0.3, -0.25) is 14.4 Å². The van der Waals surface area contributed by atoms with Gasteiger partial charge in [-0.15, -0.1) is 11.3 Å². The number of hydrogen-bond acceptors (Lipinski definition) is 5. The van der Waals surface area contributed by atoms with Crippen LogP contribution in [0.15, 0.2) is 41.8 Å². The molecule has 1 aromatic carbocycles. The molecule has 0 saturated carbocycles. The number of carbonyl (C=O) groups excluding carboxylic acids is 3. The first kappa shape index (κ1) is 22.0. The van der Waals surface area contributed by atoms with Crippen molar-refractivity contribution in [2.45, 2.75) is 19.3 Å². The van der Waals surface area contributed by atoms with E-state index in [4.69, 9.17) is 4.74 Å². The second-order valence-corrected chi connectivity index (χ2v) is 8.13. The number of para-hydroxylation sites is 1. The summed E-state index contributed by atoms with van der Waals surface area (Å²) in [6.07, 6.45) is 2.05. The van der Waals surface area contributed by atoms with Gasteiger partial charge in [0, 0.05) is 39.3 Å². The predicted molar refractivity (Wildman–Crippen MR) is 117 cm³/mol. The van der Waals surface area contributed by atoms with Gasteiger partial charge in [0.2, 0.25) is 5.91 Å². The highest BCUT2D eigenvalue weighted by molar-refractivity contribution is 7.12. The molecule has 1 saturated heterocycles. The molecular formula is C22H27N3O4S. The molecule has 1 aliphatic rings. The van der Waals surface area contributed by atoms with E-state index in [-0.39, 0.29) is 23.6 Å². The molecule has 7 nitrogen and oxygen atoms in total. The lowest BCUT2D eigenvalue weighted by Gasteiger charge is -2.31. The SMILES string of the molecule is COCCCNC(=O)C1CCN(C(=O)c2ccccc2NC(=O)c2cccs2)CC1. The van der Waals surface area contributed by atoms with Crippen LogP contribution >= 0.6 is 11.3 Å². The van der Waals surface area contributed by atoms with Crippen LogP contribution in [0.25, 0.3) is 0 Å². The number of amides is 3. The number of benzene rings is 1. The number of rotatable bonds is 8. The molecular weight excluding hydrogens is 402 g/mol. The molecule has 0 bridgehead atoms. The first-order valence-corrected chi connectivity index (χ1v) is 11.0. The Balaban J connectivity index is 1.56. The Morgan fingerprint density at radius 1 is 1.13 bits per heavy atom. The fourth-order valence-electron chi connectivity index (χ4n) is 3.46.